The van der Waals surface area contributed by atoms with Gasteiger partial charge in [0.15, 0.2) is 0 Å². The van der Waals surface area contributed by atoms with Gasteiger partial charge in [-0.05, 0) is 42.7 Å². The zero-order valence-corrected chi connectivity index (χ0v) is 16.3. The average molecular weight is 377 g/mol. The van der Waals surface area contributed by atoms with Crippen LogP contribution >= 0.6 is 0 Å². The maximum absolute atomic E-state index is 13.1. The number of carbonyl (C=O) groups excluding carboxylic acids is 2. The predicted octanol–water partition coefficient (Wildman–Crippen LogP) is 3.61. The van der Waals surface area contributed by atoms with Crippen molar-refractivity contribution >= 4 is 18.0 Å². The first-order valence-corrected chi connectivity index (χ1v) is 9.06. The lowest BCUT2D eigenvalue weighted by Crippen LogP contribution is -2.27. The van der Waals surface area contributed by atoms with Crippen molar-refractivity contribution in [3.63, 3.8) is 0 Å². The van der Waals surface area contributed by atoms with Crippen LogP contribution in [0.5, 0.6) is 5.75 Å². The van der Waals surface area contributed by atoms with Crippen LogP contribution in [-0.2, 0) is 20.7 Å². The Morgan fingerprint density at radius 3 is 2.50 bits per heavy atom. The van der Waals surface area contributed by atoms with Gasteiger partial charge in [0.25, 0.3) is 5.91 Å². The predicted molar refractivity (Wildman–Crippen MR) is 108 cm³/mol. The van der Waals surface area contributed by atoms with E-state index in [9.17, 15) is 9.59 Å². The van der Waals surface area contributed by atoms with Gasteiger partial charge in [-0.1, -0.05) is 42.5 Å². The highest BCUT2D eigenvalue weighted by Crippen LogP contribution is 2.32. The van der Waals surface area contributed by atoms with Gasteiger partial charge >= 0.3 is 5.97 Å². The van der Waals surface area contributed by atoms with Crippen LogP contribution in [0.4, 0.5) is 0 Å². The molecule has 28 heavy (non-hydrogen) atoms. The van der Waals surface area contributed by atoms with Crippen molar-refractivity contribution in [3.05, 3.63) is 82.6 Å². The maximum atomic E-state index is 13.1. The third-order valence-electron chi connectivity index (χ3n) is 4.77. The zero-order valence-electron chi connectivity index (χ0n) is 16.3. The van der Waals surface area contributed by atoms with Crippen LogP contribution in [0.25, 0.3) is 6.08 Å². The number of hydrogen-bond donors (Lipinski definition) is 0. The minimum Gasteiger partial charge on any atom is -0.497 e. The lowest BCUT2D eigenvalue weighted by molar-refractivity contribution is -0.136. The van der Waals surface area contributed by atoms with E-state index in [4.69, 9.17) is 9.47 Å². The number of benzene rings is 2. The summed E-state index contributed by atoms with van der Waals surface area (Å²) >= 11 is 0. The molecule has 1 heterocycles. The molecule has 0 fully saturated rings. The lowest BCUT2D eigenvalue weighted by Gasteiger charge is -2.17. The van der Waals surface area contributed by atoms with E-state index in [0.717, 1.165) is 11.1 Å². The Kier molecular flexibility index (Phi) is 5.94. The summed E-state index contributed by atoms with van der Waals surface area (Å²) < 4.78 is 10.2. The fraction of sp³-hybridized carbons (Fsp3) is 0.217. The van der Waals surface area contributed by atoms with Gasteiger partial charge in [0, 0.05) is 12.2 Å². The van der Waals surface area contributed by atoms with Gasteiger partial charge in [0.05, 0.1) is 25.4 Å². The Balaban J connectivity index is 1.94. The van der Waals surface area contributed by atoms with E-state index >= 15 is 0 Å². The first-order valence-electron chi connectivity index (χ1n) is 9.06. The monoisotopic (exact) mass is 377 g/mol. The van der Waals surface area contributed by atoms with Crippen molar-refractivity contribution in [1.82, 2.24) is 4.90 Å². The van der Waals surface area contributed by atoms with E-state index in [0.29, 0.717) is 35.6 Å². The first-order chi connectivity index (χ1) is 13.5. The molecule has 0 aliphatic carbocycles. The average Bonchev–Trinajstić information content (AvgIpc) is 2.96. The number of amides is 1. The molecule has 144 valence electrons. The summed E-state index contributed by atoms with van der Waals surface area (Å²) in [6.45, 7) is 2.27. The second kappa shape index (κ2) is 8.57. The highest BCUT2D eigenvalue weighted by molar-refractivity contribution is 6.16. The van der Waals surface area contributed by atoms with Crippen LogP contribution in [0.1, 0.15) is 18.1 Å². The molecule has 0 aromatic heterocycles. The summed E-state index contributed by atoms with van der Waals surface area (Å²) in [5.41, 5.74) is 3.17. The van der Waals surface area contributed by atoms with Gasteiger partial charge in [-0.2, -0.15) is 0 Å². The molecule has 0 bridgehead atoms. The van der Waals surface area contributed by atoms with E-state index in [1.54, 1.807) is 25.0 Å². The number of esters is 1. The van der Waals surface area contributed by atoms with E-state index in [1.165, 1.54) is 7.11 Å². The number of allylic oxidation sites excluding steroid dienone is 1. The van der Waals surface area contributed by atoms with Crippen LogP contribution in [0, 0.1) is 0 Å². The Morgan fingerprint density at radius 1 is 1.07 bits per heavy atom. The highest BCUT2D eigenvalue weighted by Gasteiger charge is 2.36. The fourth-order valence-electron chi connectivity index (χ4n) is 3.28. The van der Waals surface area contributed by atoms with Crippen LogP contribution in [0.2, 0.25) is 0 Å². The van der Waals surface area contributed by atoms with Crippen LogP contribution < -0.4 is 4.74 Å². The van der Waals surface area contributed by atoms with E-state index in [-0.39, 0.29) is 5.91 Å². The topological polar surface area (TPSA) is 55.8 Å². The summed E-state index contributed by atoms with van der Waals surface area (Å²) in [7, 11) is 2.91. The summed E-state index contributed by atoms with van der Waals surface area (Å²) in [5.74, 6) is -0.0279. The Labute approximate surface area is 164 Å². The molecule has 1 amide bonds. The summed E-state index contributed by atoms with van der Waals surface area (Å²) in [6.07, 6.45) is 2.41. The molecule has 0 radical (unpaired) electrons. The SMILES string of the molecule is COC(=O)C1=C(C)N(CCc2ccccc2)C(=O)/C1=C/c1cccc(OC)c1. The van der Waals surface area contributed by atoms with Crippen LogP contribution in [0.3, 0.4) is 0 Å². The number of ether oxygens (including phenoxy) is 2. The molecule has 0 saturated heterocycles. The standard InChI is InChI=1S/C23H23NO4/c1-16-21(23(26)28-3)20(15-18-10-7-11-19(14-18)27-2)22(25)24(16)13-12-17-8-5-4-6-9-17/h4-11,14-15H,12-13H2,1-3H3/b20-15+. The van der Waals surface area contributed by atoms with Crippen molar-refractivity contribution < 1.29 is 19.1 Å². The summed E-state index contributed by atoms with van der Waals surface area (Å²) in [4.78, 5) is 27.1. The highest BCUT2D eigenvalue weighted by atomic mass is 16.5. The molecule has 0 spiro atoms. The molecule has 0 atom stereocenters. The number of carbonyl (C=O) groups is 2. The van der Waals surface area contributed by atoms with Crippen molar-refractivity contribution in [3.8, 4) is 5.75 Å². The molecule has 2 aromatic rings. The molecule has 1 aliphatic heterocycles. The summed E-state index contributed by atoms with van der Waals surface area (Å²) in [5, 5.41) is 0. The van der Waals surface area contributed by atoms with Crippen LogP contribution in [0.15, 0.2) is 71.4 Å². The quantitative estimate of drug-likeness (QED) is 0.570. The van der Waals surface area contributed by atoms with Crippen molar-refractivity contribution in [2.75, 3.05) is 20.8 Å². The lowest BCUT2D eigenvalue weighted by atomic mass is 10.0. The smallest absolute Gasteiger partial charge is 0.340 e. The van der Waals surface area contributed by atoms with E-state index < -0.39 is 5.97 Å². The molecule has 0 unspecified atom stereocenters. The van der Waals surface area contributed by atoms with E-state index in [1.807, 2.05) is 54.6 Å². The Morgan fingerprint density at radius 2 is 1.82 bits per heavy atom. The van der Waals surface area contributed by atoms with Crippen molar-refractivity contribution in [1.29, 1.82) is 0 Å². The van der Waals surface area contributed by atoms with Crippen molar-refractivity contribution in [2.45, 2.75) is 13.3 Å². The largest absolute Gasteiger partial charge is 0.497 e. The molecular weight excluding hydrogens is 354 g/mol. The molecule has 2 aromatic carbocycles. The Bertz CT molecular complexity index is 944. The molecule has 5 nitrogen and oxygen atoms in total. The Hall–Kier alpha value is -3.34. The van der Waals surface area contributed by atoms with E-state index in [2.05, 4.69) is 0 Å². The zero-order chi connectivity index (χ0) is 20.1. The van der Waals surface area contributed by atoms with Gasteiger partial charge in [-0.15, -0.1) is 0 Å². The van der Waals surface area contributed by atoms with Gasteiger partial charge in [-0.25, -0.2) is 4.79 Å². The minimum atomic E-state index is -0.512. The van der Waals surface area contributed by atoms with Gasteiger partial charge in [0.2, 0.25) is 0 Å². The van der Waals surface area contributed by atoms with Gasteiger partial charge in [0.1, 0.15) is 5.75 Å². The number of methoxy groups -OCH3 is 2. The number of rotatable bonds is 6. The molecule has 1 aliphatic rings. The summed E-state index contributed by atoms with van der Waals surface area (Å²) in [6, 6.07) is 17.3. The van der Waals surface area contributed by atoms with Gasteiger partial charge < -0.3 is 14.4 Å². The van der Waals surface area contributed by atoms with Crippen molar-refractivity contribution in [2.24, 2.45) is 0 Å². The second-order valence-corrected chi connectivity index (χ2v) is 6.48. The maximum Gasteiger partial charge on any atom is 0.340 e. The molecule has 0 N–H and O–H groups in total. The van der Waals surface area contributed by atoms with Crippen LogP contribution in [-0.4, -0.2) is 37.5 Å². The molecular formula is C23H23NO4. The normalized spacial score (nSPS) is 15.3. The fourth-order valence-corrected chi connectivity index (χ4v) is 3.28. The first kappa shape index (κ1) is 19.4. The van der Waals surface area contributed by atoms with Gasteiger partial charge in [-0.3, -0.25) is 4.79 Å². The number of nitrogens with zero attached hydrogens (tertiary/aromatic N) is 1. The molecule has 5 heteroatoms. The third-order valence-corrected chi connectivity index (χ3v) is 4.77. The molecule has 3 rings (SSSR count). The number of hydrogen-bond acceptors (Lipinski definition) is 4. The molecule has 0 saturated carbocycles. The minimum absolute atomic E-state index is 0.198. The second-order valence-electron chi connectivity index (χ2n) is 6.48. The third kappa shape index (κ3) is 3.98.